The van der Waals surface area contributed by atoms with Gasteiger partial charge in [0.15, 0.2) is 0 Å². The van der Waals surface area contributed by atoms with Crippen LogP contribution in [0.25, 0.3) is 0 Å². The normalized spacial score (nSPS) is 4.00. The van der Waals surface area contributed by atoms with Crippen molar-refractivity contribution in [2.45, 2.75) is 0 Å². The van der Waals surface area contributed by atoms with Crippen LogP contribution in [0.2, 0.25) is 0 Å². The van der Waals surface area contributed by atoms with E-state index in [0.29, 0.717) is 0 Å². The van der Waals surface area contributed by atoms with Crippen LogP contribution in [0.15, 0.2) is 0 Å². The van der Waals surface area contributed by atoms with Crippen LogP contribution in [0, 0.1) is 12.5 Å². The van der Waals surface area contributed by atoms with Crippen LogP contribution in [0.4, 0.5) is 0 Å². The highest BCUT2D eigenvalue weighted by Crippen LogP contribution is 1.24. The van der Waals surface area contributed by atoms with Gasteiger partial charge in [-0.3, -0.25) is 0 Å². The van der Waals surface area contributed by atoms with Gasteiger partial charge in [-0.05, 0) is 0 Å². The van der Waals surface area contributed by atoms with Crippen molar-refractivity contribution in [1.29, 1.82) is 0 Å². The van der Waals surface area contributed by atoms with Crippen LogP contribution in [0.1, 0.15) is 0 Å². The Bertz CT molecular complexity index is 33.0. The maximum Gasteiger partial charge on any atom is 0.0378 e. The molecule has 4 heavy (non-hydrogen) atoms. The Labute approximate surface area is 26.0 Å². The summed E-state index contributed by atoms with van der Waals surface area (Å²) in [6.45, 7) is 0. The first-order valence-electron chi connectivity index (χ1n) is 0.959. The molecule has 0 spiro atoms. The number of rotatable bonds is 0. The fourth-order valence-electron chi connectivity index (χ4n) is 0. The van der Waals surface area contributed by atoms with Crippen LogP contribution >= 0.6 is 0 Å². The van der Waals surface area contributed by atoms with Gasteiger partial charge in [0, 0.05) is 13.1 Å². The van der Waals surface area contributed by atoms with Gasteiger partial charge in [0.2, 0.25) is 0 Å². The van der Waals surface area contributed by atoms with Crippen molar-refractivity contribution in [2.75, 3.05) is 7.05 Å². The van der Waals surface area contributed by atoms with Gasteiger partial charge in [0.05, 0.1) is 0 Å². The van der Waals surface area contributed by atoms with Gasteiger partial charge in [-0.15, -0.1) is 0 Å². The number of nitrogens with zero attached hydrogens (tertiary/aromatic N) is 1. The lowest BCUT2D eigenvalue weighted by molar-refractivity contribution is 1.14. The molecule has 0 saturated carbocycles. The maximum absolute atomic E-state index is 4.61. The van der Waals surface area contributed by atoms with E-state index < -0.39 is 0 Å². The summed E-state index contributed by atoms with van der Waals surface area (Å²) in [5.74, 6) is 0. The van der Waals surface area contributed by atoms with Gasteiger partial charge < -0.3 is 0 Å². The first-order valence-corrected chi connectivity index (χ1v) is 0.959. The molecule has 1 heteroatoms. The van der Waals surface area contributed by atoms with E-state index in [1.165, 1.54) is 0 Å². The van der Waals surface area contributed by atoms with Crippen molar-refractivity contribution in [3.05, 3.63) is 0 Å². The van der Waals surface area contributed by atoms with Crippen molar-refractivity contribution >= 4 is 0 Å². The summed E-state index contributed by atoms with van der Waals surface area (Å²) in [5, 5.41) is 3.26. The first kappa shape index (κ1) is 3.36. The van der Waals surface area contributed by atoms with E-state index in [1.54, 1.807) is 7.05 Å². The van der Waals surface area contributed by atoms with Gasteiger partial charge in [-0.2, -0.15) is 0 Å². The highest BCUT2D eigenvalue weighted by atomic mass is 14.8. The molecular formula is C3H4N. The third-order valence-electron chi connectivity index (χ3n) is 0.129. The fourth-order valence-corrected chi connectivity index (χ4v) is 0. The van der Waals surface area contributed by atoms with Crippen LogP contribution in [-0.4, -0.2) is 7.05 Å². The van der Waals surface area contributed by atoms with Gasteiger partial charge in [-0.25, -0.2) is 5.32 Å². The minimum absolute atomic E-state index is 1.57. The SMILES string of the molecule is C#C[N]C. The lowest BCUT2D eigenvalue weighted by Crippen LogP contribution is -1.76. The zero-order valence-corrected chi connectivity index (χ0v) is 2.52. The van der Waals surface area contributed by atoms with Gasteiger partial charge in [0.1, 0.15) is 0 Å². The second kappa shape index (κ2) is 2.36. The van der Waals surface area contributed by atoms with Crippen LogP contribution in [0.3, 0.4) is 0 Å². The summed E-state index contributed by atoms with van der Waals surface area (Å²) < 4.78 is 0. The van der Waals surface area contributed by atoms with E-state index in [2.05, 4.69) is 17.8 Å². The van der Waals surface area contributed by atoms with E-state index in [9.17, 15) is 0 Å². The van der Waals surface area contributed by atoms with Crippen LogP contribution in [-0.2, 0) is 0 Å². The molecule has 0 aromatic carbocycles. The highest BCUT2D eigenvalue weighted by Gasteiger charge is 1.39. The molecule has 0 aliphatic carbocycles. The standard InChI is InChI=1S/C3H4N/c1-3-4-2/h1H,2H3. The molecule has 1 radical (unpaired) electrons. The molecule has 0 aromatic rings. The summed E-state index contributed by atoms with van der Waals surface area (Å²) in [6.07, 6.45) is 4.61. The van der Waals surface area contributed by atoms with Crippen molar-refractivity contribution in [3.63, 3.8) is 0 Å². The molecular weight excluding hydrogens is 50.0 g/mol. The summed E-state index contributed by atoms with van der Waals surface area (Å²) >= 11 is 0. The molecule has 0 rings (SSSR count). The number of hydrogen-bond donors (Lipinski definition) is 0. The second-order valence-electron chi connectivity index (χ2n) is 0.353. The Morgan fingerprint density at radius 3 is 2.25 bits per heavy atom. The van der Waals surface area contributed by atoms with Crippen molar-refractivity contribution < 1.29 is 0 Å². The number of hydrogen-bond acceptors (Lipinski definition) is 0. The summed E-state index contributed by atoms with van der Waals surface area (Å²) in [7, 11) is 1.57. The van der Waals surface area contributed by atoms with E-state index in [1.807, 2.05) is 0 Å². The van der Waals surface area contributed by atoms with Crippen LogP contribution in [0.5, 0.6) is 0 Å². The zero-order chi connectivity index (χ0) is 3.41. The monoisotopic (exact) mass is 54.0 g/mol. The lowest BCUT2D eigenvalue weighted by atomic mass is 11.1. The molecule has 0 heterocycles. The Kier molecular flexibility index (Phi) is 1.98. The molecule has 0 amide bonds. The highest BCUT2D eigenvalue weighted by molar-refractivity contribution is 4.75. The van der Waals surface area contributed by atoms with E-state index in [-0.39, 0.29) is 0 Å². The largest absolute Gasteiger partial charge is 0.239 e. The first-order chi connectivity index (χ1) is 1.91. The predicted octanol–water partition coefficient (Wildman–Crippen LogP) is -0.189. The van der Waals surface area contributed by atoms with E-state index in [0.717, 1.165) is 0 Å². The Hall–Kier alpha value is -0.640. The van der Waals surface area contributed by atoms with Gasteiger partial charge in [-0.1, -0.05) is 6.42 Å². The zero-order valence-electron chi connectivity index (χ0n) is 2.52. The average Bonchev–Trinajstić information content (AvgIpc) is 1.37. The molecule has 0 unspecified atom stereocenters. The third-order valence-corrected chi connectivity index (χ3v) is 0.129. The van der Waals surface area contributed by atoms with Crippen molar-refractivity contribution in [2.24, 2.45) is 0 Å². The molecule has 21 valence electrons. The summed E-state index contributed by atoms with van der Waals surface area (Å²) in [6, 6.07) is 2.06. The fraction of sp³-hybridized carbons (Fsp3) is 0.333. The molecule has 0 aliphatic heterocycles. The molecule has 0 N–H and O–H groups in total. The molecule has 0 saturated heterocycles. The van der Waals surface area contributed by atoms with Crippen molar-refractivity contribution in [1.82, 2.24) is 5.32 Å². The molecule has 0 fully saturated rings. The topological polar surface area (TPSA) is 14.1 Å². The molecule has 0 atom stereocenters. The molecule has 1 nitrogen and oxygen atoms in total. The maximum atomic E-state index is 4.61. The van der Waals surface area contributed by atoms with Gasteiger partial charge >= 0.3 is 0 Å². The minimum atomic E-state index is 1.57. The third kappa shape index (κ3) is 1.36. The molecule has 0 aromatic heterocycles. The average molecular weight is 54.1 g/mol. The molecule has 0 aliphatic rings. The van der Waals surface area contributed by atoms with E-state index in [4.69, 9.17) is 0 Å². The molecule has 0 bridgehead atoms. The summed E-state index contributed by atoms with van der Waals surface area (Å²) in [5.41, 5.74) is 0. The lowest BCUT2D eigenvalue weighted by Gasteiger charge is -1.58. The van der Waals surface area contributed by atoms with Gasteiger partial charge in [0.25, 0.3) is 0 Å². The quantitative estimate of drug-likeness (QED) is 0.340. The second-order valence-corrected chi connectivity index (χ2v) is 0.353. The predicted molar refractivity (Wildman–Crippen MR) is 16.9 cm³/mol. The summed E-state index contributed by atoms with van der Waals surface area (Å²) in [4.78, 5) is 0. The smallest absolute Gasteiger partial charge is 0.0378 e. The number of terminal acetylenes is 1. The minimum Gasteiger partial charge on any atom is -0.239 e. The van der Waals surface area contributed by atoms with Crippen molar-refractivity contribution in [3.8, 4) is 12.5 Å². The Morgan fingerprint density at radius 1 is 2.00 bits per heavy atom. The van der Waals surface area contributed by atoms with Crippen LogP contribution < -0.4 is 5.32 Å². The van der Waals surface area contributed by atoms with E-state index >= 15 is 0 Å². The Balaban J connectivity index is 2.43. The Morgan fingerprint density at radius 2 is 2.25 bits per heavy atom.